The molecule has 1 amide bonds. The van der Waals surface area contributed by atoms with Crippen LogP contribution in [0.25, 0.3) is 11.1 Å². The highest BCUT2D eigenvalue weighted by Gasteiger charge is 2.10. The van der Waals surface area contributed by atoms with E-state index in [9.17, 15) is 13.6 Å². The van der Waals surface area contributed by atoms with Crippen molar-refractivity contribution in [2.45, 2.75) is 25.8 Å². The summed E-state index contributed by atoms with van der Waals surface area (Å²) >= 11 is 0. The normalized spacial score (nSPS) is 13.9. The summed E-state index contributed by atoms with van der Waals surface area (Å²) < 4.78 is 25.6. The van der Waals surface area contributed by atoms with Gasteiger partial charge in [0.05, 0.1) is 12.6 Å². The molecule has 1 aliphatic rings. The molecule has 0 fully saturated rings. The maximum atomic E-state index is 12.5. The van der Waals surface area contributed by atoms with Crippen LogP contribution in [0.1, 0.15) is 25.8 Å². The predicted octanol–water partition coefficient (Wildman–Crippen LogP) is 3.95. The van der Waals surface area contributed by atoms with Crippen LogP contribution in [0.5, 0.6) is 0 Å². The van der Waals surface area contributed by atoms with Gasteiger partial charge < -0.3 is 5.32 Å². The minimum Gasteiger partial charge on any atom is -0.310 e. The molecule has 2 heterocycles. The molecule has 0 bridgehead atoms. The van der Waals surface area contributed by atoms with Gasteiger partial charge in [-0.3, -0.25) is 4.79 Å². The van der Waals surface area contributed by atoms with Crippen LogP contribution in [0.3, 0.4) is 0 Å². The van der Waals surface area contributed by atoms with Crippen molar-refractivity contribution in [3.63, 3.8) is 0 Å². The zero-order valence-corrected chi connectivity index (χ0v) is 12.8. The Kier molecular flexibility index (Phi) is 4.79. The zero-order chi connectivity index (χ0) is 16.9. The van der Waals surface area contributed by atoms with Crippen molar-refractivity contribution in [3.8, 4) is 11.1 Å². The smallest absolute Gasteiger partial charge is 0.310 e. The Morgan fingerprint density at radius 1 is 1.25 bits per heavy atom. The number of aromatic nitrogens is 3. The molecule has 0 radical (unpaired) electrons. The van der Waals surface area contributed by atoms with E-state index in [1.807, 2.05) is 6.08 Å². The van der Waals surface area contributed by atoms with Gasteiger partial charge in [0, 0.05) is 23.5 Å². The lowest BCUT2D eigenvalue weighted by molar-refractivity contribution is -0.115. The molecule has 0 saturated heterocycles. The second-order valence-electron chi connectivity index (χ2n) is 5.40. The van der Waals surface area contributed by atoms with Crippen LogP contribution in [-0.2, 0) is 4.79 Å². The molecular weight excluding hydrogens is 314 g/mol. The first kappa shape index (κ1) is 16.0. The van der Waals surface area contributed by atoms with Gasteiger partial charge in [-0.2, -0.15) is 13.9 Å². The molecule has 24 heavy (non-hydrogen) atoms. The van der Waals surface area contributed by atoms with Gasteiger partial charge in [-0.15, -0.1) is 0 Å². The van der Waals surface area contributed by atoms with E-state index in [-0.39, 0.29) is 5.91 Å². The molecule has 0 spiro atoms. The lowest BCUT2D eigenvalue weighted by Gasteiger charge is -2.08. The molecule has 0 atom stereocenters. The lowest BCUT2D eigenvalue weighted by Crippen LogP contribution is -2.13. The predicted molar refractivity (Wildman–Crippen MR) is 86.4 cm³/mol. The van der Waals surface area contributed by atoms with Crippen molar-refractivity contribution in [3.05, 3.63) is 54.5 Å². The van der Waals surface area contributed by atoms with Crippen LogP contribution in [0.4, 0.5) is 14.6 Å². The minimum absolute atomic E-state index is 0.140. The van der Waals surface area contributed by atoms with Crippen LogP contribution in [-0.4, -0.2) is 20.7 Å². The highest BCUT2D eigenvalue weighted by Crippen LogP contribution is 2.21. The van der Waals surface area contributed by atoms with E-state index in [0.717, 1.165) is 18.4 Å². The zero-order valence-electron chi connectivity index (χ0n) is 12.8. The Labute approximate surface area is 137 Å². The van der Waals surface area contributed by atoms with E-state index in [4.69, 9.17) is 0 Å². The second-order valence-corrected chi connectivity index (χ2v) is 5.40. The fraction of sp³-hybridized carbons (Fsp3) is 0.235. The number of hydrogen-bond donors (Lipinski definition) is 1. The number of halogens is 2. The van der Waals surface area contributed by atoms with Crippen LogP contribution >= 0.6 is 0 Å². The van der Waals surface area contributed by atoms with Gasteiger partial charge in [-0.25, -0.2) is 9.67 Å². The van der Waals surface area contributed by atoms with Crippen molar-refractivity contribution < 1.29 is 13.6 Å². The van der Waals surface area contributed by atoms with E-state index < -0.39 is 6.55 Å². The fourth-order valence-electron chi connectivity index (χ4n) is 2.40. The maximum absolute atomic E-state index is 12.5. The number of nitrogens with zero attached hydrogens (tertiary/aromatic N) is 3. The third-order valence-electron chi connectivity index (χ3n) is 3.60. The van der Waals surface area contributed by atoms with E-state index >= 15 is 0 Å². The lowest BCUT2D eigenvalue weighted by atomic mass is 10.0. The molecule has 5 nitrogen and oxygen atoms in total. The largest absolute Gasteiger partial charge is 0.333 e. The summed E-state index contributed by atoms with van der Waals surface area (Å²) in [5.41, 5.74) is 2.19. The summed E-state index contributed by atoms with van der Waals surface area (Å²) in [6.45, 7) is -2.67. The molecular formula is C17H16F2N4O. The minimum atomic E-state index is -2.67. The molecule has 2 aromatic heterocycles. The average Bonchev–Trinajstić information content (AvgIpc) is 3.07. The number of rotatable bonds is 5. The van der Waals surface area contributed by atoms with Gasteiger partial charge >= 0.3 is 6.55 Å². The van der Waals surface area contributed by atoms with E-state index in [2.05, 4.69) is 27.6 Å². The number of carbonyl (C=O) groups excluding carboxylic acids is 1. The van der Waals surface area contributed by atoms with E-state index in [0.29, 0.717) is 28.0 Å². The van der Waals surface area contributed by atoms with Crippen molar-refractivity contribution in [1.29, 1.82) is 0 Å². The Morgan fingerprint density at radius 3 is 2.75 bits per heavy atom. The molecule has 1 N–H and O–H groups in total. The van der Waals surface area contributed by atoms with Crippen LogP contribution < -0.4 is 5.32 Å². The van der Waals surface area contributed by atoms with Gasteiger partial charge in [0.1, 0.15) is 5.82 Å². The molecule has 0 aliphatic heterocycles. The quantitative estimate of drug-likeness (QED) is 0.903. The van der Waals surface area contributed by atoms with Crippen molar-refractivity contribution in [2.24, 2.45) is 0 Å². The Balaban J connectivity index is 1.62. The molecule has 0 aromatic carbocycles. The highest BCUT2D eigenvalue weighted by atomic mass is 19.3. The molecule has 0 unspecified atom stereocenters. The number of alkyl halides is 2. The van der Waals surface area contributed by atoms with Crippen LogP contribution in [0.2, 0.25) is 0 Å². The number of amides is 1. The van der Waals surface area contributed by atoms with Crippen molar-refractivity contribution in [2.75, 3.05) is 5.32 Å². The fourth-order valence-corrected chi connectivity index (χ4v) is 2.40. The first-order valence-electron chi connectivity index (χ1n) is 7.56. The third-order valence-corrected chi connectivity index (χ3v) is 3.60. The van der Waals surface area contributed by atoms with E-state index in [1.165, 1.54) is 18.6 Å². The Hall–Kier alpha value is -2.83. The molecule has 0 saturated carbocycles. The SMILES string of the molecule is O=C(CC1=CCCC=C1)Nc1ccc(-c2cnn(C(F)F)c2)cn1. The number of pyridine rings is 1. The average molecular weight is 330 g/mol. The van der Waals surface area contributed by atoms with Crippen molar-refractivity contribution >= 4 is 11.7 Å². The van der Waals surface area contributed by atoms with Crippen molar-refractivity contribution in [1.82, 2.24) is 14.8 Å². The van der Waals surface area contributed by atoms with E-state index in [1.54, 1.807) is 12.1 Å². The Morgan fingerprint density at radius 2 is 2.12 bits per heavy atom. The molecule has 124 valence electrons. The van der Waals surface area contributed by atoms with Gasteiger partial charge in [0.15, 0.2) is 0 Å². The number of hydrogen-bond acceptors (Lipinski definition) is 3. The monoisotopic (exact) mass is 330 g/mol. The summed E-state index contributed by atoms with van der Waals surface area (Å²) in [6.07, 6.45) is 12.5. The summed E-state index contributed by atoms with van der Waals surface area (Å²) in [7, 11) is 0. The molecule has 1 aliphatic carbocycles. The summed E-state index contributed by atoms with van der Waals surface area (Å²) in [5, 5.41) is 6.31. The van der Waals surface area contributed by atoms with Gasteiger partial charge in [0.2, 0.25) is 5.91 Å². The van der Waals surface area contributed by atoms with Gasteiger partial charge in [-0.1, -0.05) is 18.2 Å². The first-order chi connectivity index (χ1) is 11.6. The first-order valence-corrected chi connectivity index (χ1v) is 7.56. The number of carbonyl (C=O) groups is 1. The molecule has 7 heteroatoms. The molecule has 2 aromatic rings. The number of allylic oxidation sites excluding steroid dienone is 3. The molecule has 3 rings (SSSR count). The van der Waals surface area contributed by atoms with Crippen LogP contribution in [0.15, 0.2) is 54.5 Å². The van der Waals surface area contributed by atoms with Gasteiger partial charge in [0.25, 0.3) is 0 Å². The topological polar surface area (TPSA) is 59.8 Å². The summed E-state index contributed by atoms with van der Waals surface area (Å²) in [6, 6.07) is 3.34. The summed E-state index contributed by atoms with van der Waals surface area (Å²) in [4.78, 5) is 16.1. The Bertz CT molecular complexity index is 778. The maximum Gasteiger partial charge on any atom is 0.333 e. The number of anilines is 1. The van der Waals surface area contributed by atoms with Gasteiger partial charge in [-0.05, 0) is 30.5 Å². The second kappa shape index (κ2) is 7.16. The standard InChI is InChI=1S/C17H16F2N4O/c18-17(19)23-11-14(10-21-23)13-6-7-15(20-9-13)22-16(24)8-12-4-2-1-3-5-12/h2,4-7,9-11,17H,1,3,8H2,(H,20,22,24). The number of nitrogens with one attached hydrogen (secondary N) is 1. The highest BCUT2D eigenvalue weighted by molar-refractivity contribution is 5.91. The summed E-state index contributed by atoms with van der Waals surface area (Å²) in [5.74, 6) is 0.281. The third kappa shape index (κ3) is 3.92. The van der Waals surface area contributed by atoms with Crippen LogP contribution in [0, 0.1) is 0 Å².